The van der Waals surface area contributed by atoms with Gasteiger partial charge >= 0.3 is 0 Å². The van der Waals surface area contributed by atoms with Crippen molar-refractivity contribution in [1.29, 1.82) is 0 Å². The third-order valence-electron chi connectivity index (χ3n) is 7.04. The Kier molecular flexibility index (Phi) is 7.64. The van der Waals surface area contributed by atoms with E-state index in [4.69, 9.17) is 11.6 Å². The molecule has 2 heterocycles. The molecule has 170 valence electrons. The molecular formula is C27H33ClN2O2. The first-order chi connectivity index (χ1) is 15.5. The Morgan fingerprint density at radius 1 is 0.969 bits per heavy atom. The third kappa shape index (κ3) is 5.60. The Hall–Kier alpha value is -2.17. The predicted octanol–water partition coefficient (Wildman–Crippen LogP) is 5.48. The van der Waals surface area contributed by atoms with Crippen LogP contribution in [0.25, 0.3) is 0 Å². The highest BCUT2D eigenvalue weighted by atomic mass is 35.5. The number of ketones is 1. The number of benzene rings is 2. The van der Waals surface area contributed by atoms with Crippen molar-refractivity contribution in [3.05, 3.63) is 69.7 Å². The molecule has 2 aromatic carbocycles. The van der Waals surface area contributed by atoms with E-state index < -0.39 is 0 Å². The lowest BCUT2D eigenvalue weighted by atomic mass is 9.89. The molecule has 0 atom stereocenters. The number of aryl methyl sites for hydroxylation is 1. The molecule has 0 aliphatic carbocycles. The van der Waals surface area contributed by atoms with E-state index in [1.54, 1.807) is 0 Å². The van der Waals surface area contributed by atoms with Crippen LogP contribution >= 0.6 is 11.6 Å². The molecule has 0 saturated carbocycles. The van der Waals surface area contributed by atoms with Crippen LogP contribution < -0.4 is 0 Å². The first-order valence-corrected chi connectivity index (χ1v) is 12.3. The van der Waals surface area contributed by atoms with Crippen LogP contribution in [0, 0.1) is 0 Å². The van der Waals surface area contributed by atoms with E-state index in [0.717, 1.165) is 69.0 Å². The molecule has 1 amide bonds. The summed E-state index contributed by atoms with van der Waals surface area (Å²) in [5.74, 6) is 0.643. The minimum absolute atomic E-state index is 0.0736. The number of amides is 1. The van der Waals surface area contributed by atoms with Gasteiger partial charge in [0.05, 0.1) is 0 Å². The highest BCUT2D eigenvalue weighted by Crippen LogP contribution is 2.29. The lowest BCUT2D eigenvalue weighted by Crippen LogP contribution is -2.38. The van der Waals surface area contributed by atoms with Gasteiger partial charge in [-0.3, -0.25) is 14.5 Å². The second kappa shape index (κ2) is 10.6. The van der Waals surface area contributed by atoms with E-state index in [0.29, 0.717) is 12.3 Å². The van der Waals surface area contributed by atoms with Crippen LogP contribution in [0.15, 0.2) is 42.5 Å². The number of rotatable bonds is 6. The average Bonchev–Trinajstić information content (AvgIpc) is 3.04. The zero-order chi connectivity index (χ0) is 22.5. The zero-order valence-corrected chi connectivity index (χ0v) is 19.7. The van der Waals surface area contributed by atoms with Crippen LogP contribution in [-0.2, 0) is 17.8 Å². The second-order valence-electron chi connectivity index (χ2n) is 9.09. The molecule has 32 heavy (non-hydrogen) atoms. The van der Waals surface area contributed by atoms with Gasteiger partial charge in [-0.1, -0.05) is 42.8 Å². The fraction of sp³-hybridized carbons (Fsp3) is 0.481. The number of carbonyl (C=O) groups excluding carboxylic acids is 2. The van der Waals surface area contributed by atoms with Gasteiger partial charge < -0.3 is 4.90 Å². The summed E-state index contributed by atoms with van der Waals surface area (Å²) in [5.41, 5.74) is 4.67. The number of hydrogen-bond acceptors (Lipinski definition) is 3. The quantitative estimate of drug-likeness (QED) is 0.545. The van der Waals surface area contributed by atoms with E-state index in [1.165, 1.54) is 16.7 Å². The van der Waals surface area contributed by atoms with Crippen molar-refractivity contribution in [3.8, 4) is 0 Å². The molecule has 2 aliphatic rings. The maximum absolute atomic E-state index is 12.8. The zero-order valence-electron chi connectivity index (χ0n) is 19.0. The number of Topliss-reactive ketones (excluding diaryl/α,β-unsaturated/α-hetero) is 1. The number of fused-ring (bicyclic) bond motifs is 1. The third-order valence-corrected chi connectivity index (χ3v) is 7.30. The van der Waals surface area contributed by atoms with Crippen molar-refractivity contribution < 1.29 is 9.59 Å². The number of halogens is 1. The Labute approximate surface area is 196 Å². The van der Waals surface area contributed by atoms with Crippen LogP contribution in [0.3, 0.4) is 0 Å². The number of carbonyl (C=O) groups is 2. The molecule has 0 spiro atoms. The second-order valence-corrected chi connectivity index (χ2v) is 9.52. The maximum atomic E-state index is 12.8. The average molecular weight is 453 g/mol. The van der Waals surface area contributed by atoms with Crippen molar-refractivity contribution in [2.45, 2.75) is 57.9 Å². The molecule has 2 aromatic rings. The molecule has 1 saturated heterocycles. The molecule has 2 aliphatic heterocycles. The smallest absolute Gasteiger partial charge is 0.223 e. The SMILES string of the molecule is CCN1CCCc2ccc(C(=O)CCC(=O)N3CCC(c4ccc(Cl)cc4)CC3)cc2C1. The van der Waals surface area contributed by atoms with E-state index in [1.807, 2.05) is 23.1 Å². The summed E-state index contributed by atoms with van der Waals surface area (Å²) in [7, 11) is 0. The highest BCUT2D eigenvalue weighted by Gasteiger charge is 2.24. The molecule has 0 radical (unpaired) electrons. The molecule has 4 rings (SSSR count). The fourth-order valence-corrected chi connectivity index (χ4v) is 5.12. The minimum Gasteiger partial charge on any atom is -0.343 e. The van der Waals surface area contributed by atoms with Crippen molar-refractivity contribution in [3.63, 3.8) is 0 Å². The van der Waals surface area contributed by atoms with Crippen LogP contribution in [0.2, 0.25) is 5.02 Å². The van der Waals surface area contributed by atoms with E-state index >= 15 is 0 Å². The van der Waals surface area contributed by atoms with Gasteiger partial charge in [-0.2, -0.15) is 0 Å². The van der Waals surface area contributed by atoms with Gasteiger partial charge in [-0.05, 0) is 79.6 Å². The highest BCUT2D eigenvalue weighted by molar-refractivity contribution is 6.30. The standard InChI is InChI=1S/C27H33ClN2O2/c1-2-29-15-3-4-20-5-6-23(18-24(20)19-29)26(31)11-12-27(32)30-16-13-22(14-17-30)21-7-9-25(28)10-8-21/h5-10,18,22H,2-4,11-17,19H2,1H3. The van der Waals surface area contributed by atoms with Gasteiger partial charge in [0.15, 0.2) is 5.78 Å². The topological polar surface area (TPSA) is 40.6 Å². The van der Waals surface area contributed by atoms with Gasteiger partial charge in [0.1, 0.15) is 0 Å². The first-order valence-electron chi connectivity index (χ1n) is 11.9. The van der Waals surface area contributed by atoms with Crippen molar-refractivity contribution in [2.75, 3.05) is 26.2 Å². The summed E-state index contributed by atoms with van der Waals surface area (Å²) in [6.45, 7) is 6.74. The Bertz CT molecular complexity index is 949. The van der Waals surface area contributed by atoms with Crippen LogP contribution in [0.5, 0.6) is 0 Å². The number of nitrogens with zero attached hydrogens (tertiary/aromatic N) is 2. The van der Waals surface area contributed by atoms with Gasteiger partial charge in [0, 0.05) is 43.1 Å². The van der Waals surface area contributed by atoms with Crippen LogP contribution in [0.1, 0.15) is 72.0 Å². The van der Waals surface area contributed by atoms with E-state index in [2.05, 4.69) is 36.1 Å². The van der Waals surface area contributed by atoms with E-state index in [9.17, 15) is 9.59 Å². The number of piperidine rings is 1. The van der Waals surface area contributed by atoms with Gasteiger partial charge in [0.25, 0.3) is 0 Å². The molecule has 0 N–H and O–H groups in total. The fourth-order valence-electron chi connectivity index (χ4n) is 4.99. The minimum atomic E-state index is 0.0736. The monoisotopic (exact) mass is 452 g/mol. The Morgan fingerprint density at radius 2 is 1.72 bits per heavy atom. The molecule has 5 heteroatoms. The number of likely N-dealkylation sites (tertiary alicyclic amines) is 1. The lowest BCUT2D eigenvalue weighted by molar-refractivity contribution is -0.132. The Balaban J connectivity index is 1.28. The normalized spacial score (nSPS) is 17.6. The molecule has 0 bridgehead atoms. The maximum Gasteiger partial charge on any atom is 0.223 e. The lowest BCUT2D eigenvalue weighted by Gasteiger charge is -2.32. The van der Waals surface area contributed by atoms with E-state index in [-0.39, 0.29) is 18.1 Å². The van der Waals surface area contributed by atoms with Crippen molar-refractivity contribution >= 4 is 23.3 Å². The van der Waals surface area contributed by atoms with Crippen molar-refractivity contribution in [1.82, 2.24) is 9.80 Å². The molecule has 0 unspecified atom stereocenters. The summed E-state index contributed by atoms with van der Waals surface area (Å²) < 4.78 is 0. The summed E-state index contributed by atoms with van der Waals surface area (Å²) in [6.07, 6.45) is 4.73. The summed E-state index contributed by atoms with van der Waals surface area (Å²) in [6, 6.07) is 14.2. The van der Waals surface area contributed by atoms with Gasteiger partial charge in [-0.15, -0.1) is 0 Å². The Morgan fingerprint density at radius 3 is 2.44 bits per heavy atom. The molecule has 4 nitrogen and oxygen atoms in total. The van der Waals surface area contributed by atoms with Gasteiger partial charge in [0.2, 0.25) is 5.91 Å². The molecule has 1 fully saturated rings. The number of hydrogen-bond donors (Lipinski definition) is 0. The first kappa shape index (κ1) is 23.0. The largest absolute Gasteiger partial charge is 0.343 e. The molecular weight excluding hydrogens is 420 g/mol. The van der Waals surface area contributed by atoms with Gasteiger partial charge in [-0.25, -0.2) is 0 Å². The summed E-state index contributed by atoms with van der Waals surface area (Å²) in [5, 5.41) is 0.753. The van der Waals surface area contributed by atoms with Crippen molar-refractivity contribution in [2.24, 2.45) is 0 Å². The predicted molar refractivity (Wildman–Crippen MR) is 129 cm³/mol. The van der Waals surface area contributed by atoms with Crippen LogP contribution in [0.4, 0.5) is 0 Å². The summed E-state index contributed by atoms with van der Waals surface area (Å²) in [4.78, 5) is 29.9. The van der Waals surface area contributed by atoms with Crippen LogP contribution in [-0.4, -0.2) is 47.7 Å². The summed E-state index contributed by atoms with van der Waals surface area (Å²) >= 11 is 5.99. The molecule has 0 aromatic heterocycles.